The number of aromatic hydroxyl groups is 1. The second-order valence-corrected chi connectivity index (χ2v) is 3.81. The number of benzene rings is 1. The Balaban J connectivity index is 2.75. The van der Waals surface area contributed by atoms with Crippen LogP contribution in [0.5, 0.6) is 5.75 Å². The molecule has 1 atom stereocenters. The van der Waals surface area contributed by atoms with Crippen LogP contribution in [0.2, 0.25) is 0 Å². The standard InChI is InChI=1S/C12H17NO4/c1-8-5-10(15)3-4-11(8)12(16)13-9(6-14)7-17-2/h3-5,9,14-15H,6-7H2,1-2H3,(H,13,16). The number of methoxy groups -OCH3 is 1. The Bertz CT molecular complexity index is 392. The molecule has 0 aliphatic carbocycles. The van der Waals surface area contributed by atoms with Crippen molar-refractivity contribution in [1.29, 1.82) is 0 Å². The van der Waals surface area contributed by atoms with E-state index >= 15 is 0 Å². The fourth-order valence-corrected chi connectivity index (χ4v) is 1.51. The first-order valence-corrected chi connectivity index (χ1v) is 5.28. The van der Waals surface area contributed by atoms with E-state index in [0.717, 1.165) is 0 Å². The highest BCUT2D eigenvalue weighted by Gasteiger charge is 2.14. The second-order valence-electron chi connectivity index (χ2n) is 3.81. The van der Waals surface area contributed by atoms with Gasteiger partial charge in [0.1, 0.15) is 5.75 Å². The van der Waals surface area contributed by atoms with Gasteiger partial charge in [0.15, 0.2) is 0 Å². The first-order chi connectivity index (χ1) is 8.08. The van der Waals surface area contributed by atoms with Gasteiger partial charge >= 0.3 is 0 Å². The first-order valence-electron chi connectivity index (χ1n) is 5.28. The fourth-order valence-electron chi connectivity index (χ4n) is 1.51. The summed E-state index contributed by atoms with van der Waals surface area (Å²) in [5.41, 5.74) is 1.15. The van der Waals surface area contributed by atoms with Gasteiger partial charge in [0, 0.05) is 12.7 Å². The maximum absolute atomic E-state index is 11.9. The molecule has 0 heterocycles. The van der Waals surface area contributed by atoms with Gasteiger partial charge in [-0.3, -0.25) is 4.79 Å². The monoisotopic (exact) mass is 239 g/mol. The Kier molecular flexibility index (Phi) is 4.93. The molecule has 0 saturated heterocycles. The molecule has 17 heavy (non-hydrogen) atoms. The van der Waals surface area contributed by atoms with Crippen LogP contribution in [0.4, 0.5) is 0 Å². The Labute approximate surface area is 100 Å². The van der Waals surface area contributed by atoms with Crippen LogP contribution in [0.15, 0.2) is 18.2 Å². The molecule has 94 valence electrons. The summed E-state index contributed by atoms with van der Waals surface area (Å²) in [6, 6.07) is 4.08. The van der Waals surface area contributed by atoms with Gasteiger partial charge in [-0.1, -0.05) is 0 Å². The van der Waals surface area contributed by atoms with Crippen molar-refractivity contribution < 1.29 is 19.7 Å². The quantitative estimate of drug-likeness (QED) is 0.696. The fraction of sp³-hybridized carbons (Fsp3) is 0.417. The molecule has 1 aromatic rings. The number of carbonyl (C=O) groups is 1. The Morgan fingerprint density at radius 2 is 2.24 bits per heavy atom. The number of hydrogen-bond donors (Lipinski definition) is 3. The molecule has 0 saturated carbocycles. The lowest BCUT2D eigenvalue weighted by Crippen LogP contribution is -2.40. The zero-order chi connectivity index (χ0) is 12.8. The Morgan fingerprint density at radius 3 is 2.76 bits per heavy atom. The minimum Gasteiger partial charge on any atom is -0.508 e. The molecule has 1 unspecified atom stereocenters. The van der Waals surface area contributed by atoms with E-state index in [1.807, 2.05) is 0 Å². The number of carbonyl (C=O) groups excluding carboxylic acids is 1. The van der Waals surface area contributed by atoms with Crippen LogP contribution in [0.25, 0.3) is 0 Å². The predicted molar refractivity (Wildman–Crippen MR) is 63.1 cm³/mol. The van der Waals surface area contributed by atoms with E-state index in [9.17, 15) is 9.90 Å². The van der Waals surface area contributed by atoms with Gasteiger partial charge in [-0.2, -0.15) is 0 Å². The number of aliphatic hydroxyl groups is 1. The molecule has 1 rings (SSSR count). The molecule has 0 radical (unpaired) electrons. The van der Waals surface area contributed by atoms with Crippen LogP contribution < -0.4 is 5.32 Å². The van der Waals surface area contributed by atoms with Gasteiger partial charge in [-0.25, -0.2) is 0 Å². The molecule has 5 heteroatoms. The molecule has 1 aromatic carbocycles. The van der Waals surface area contributed by atoms with Crippen molar-refractivity contribution in [1.82, 2.24) is 5.32 Å². The van der Waals surface area contributed by atoms with Crippen LogP contribution in [-0.2, 0) is 4.74 Å². The van der Waals surface area contributed by atoms with Crippen molar-refractivity contribution in [3.05, 3.63) is 29.3 Å². The number of ether oxygens (including phenoxy) is 1. The minimum absolute atomic E-state index is 0.120. The van der Waals surface area contributed by atoms with Gasteiger partial charge in [0.05, 0.1) is 19.3 Å². The van der Waals surface area contributed by atoms with Crippen molar-refractivity contribution in [2.24, 2.45) is 0 Å². The summed E-state index contributed by atoms with van der Waals surface area (Å²) in [5, 5.41) is 20.9. The van der Waals surface area contributed by atoms with Crippen molar-refractivity contribution in [2.75, 3.05) is 20.3 Å². The average Bonchev–Trinajstić information content (AvgIpc) is 2.28. The second kappa shape index (κ2) is 6.22. The van der Waals surface area contributed by atoms with E-state index in [2.05, 4.69) is 5.32 Å². The summed E-state index contributed by atoms with van der Waals surface area (Å²) in [7, 11) is 1.50. The lowest BCUT2D eigenvalue weighted by molar-refractivity contribution is 0.0839. The molecule has 5 nitrogen and oxygen atoms in total. The van der Waals surface area contributed by atoms with E-state index in [0.29, 0.717) is 11.1 Å². The van der Waals surface area contributed by atoms with Gasteiger partial charge in [-0.05, 0) is 30.7 Å². The third kappa shape index (κ3) is 3.72. The van der Waals surface area contributed by atoms with Crippen LogP contribution in [0.1, 0.15) is 15.9 Å². The zero-order valence-corrected chi connectivity index (χ0v) is 9.93. The molecule has 0 aromatic heterocycles. The van der Waals surface area contributed by atoms with Gasteiger partial charge in [0.25, 0.3) is 5.91 Å². The van der Waals surface area contributed by atoms with E-state index in [4.69, 9.17) is 9.84 Å². The third-order valence-electron chi connectivity index (χ3n) is 2.38. The Hall–Kier alpha value is -1.59. The molecule has 0 spiro atoms. The van der Waals surface area contributed by atoms with E-state index < -0.39 is 6.04 Å². The molecule has 3 N–H and O–H groups in total. The summed E-state index contributed by atoms with van der Waals surface area (Å²) in [6.07, 6.45) is 0. The lowest BCUT2D eigenvalue weighted by Gasteiger charge is -2.16. The molecule has 0 aliphatic rings. The summed E-state index contributed by atoms with van der Waals surface area (Å²) >= 11 is 0. The van der Waals surface area contributed by atoms with Crippen molar-refractivity contribution in [2.45, 2.75) is 13.0 Å². The van der Waals surface area contributed by atoms with Crippen LogP contribution >= 0.6 is 0 Å². The molecule has 1 amide bonds. The molecular formula is C12H17NO4. The lowest BCUT2D eigenvalue weighted by atomic mass is 10.1. The topological polar surface area (TPSA) is 78.8 Å². The highest BCUT2D eigenvalue weighted by atomic mass is 16.5. The number of aliphatic hydroxyl groups excluding tert-OH is 1. The van der Waals surface area contributed by atoms with Crippen LogP contribution in [-0.4, -0.2) is 42.5 Å². The Morgan fingerprint density at radius 1 is 1.53 bits per heavy atom. The minimum atomic E-state index is -0.430. The van der Waals surface area contributed by atoms with Crippen molar-refractivity contribution >= 4 is 5.91 Å². The highest BCUT2D eigenvalue weighted by Crippen LogP contribution is 2.15. The maximum Gasteiger partial charge on any atom is 0.251 e. The molecule has 0 fully saturated rings. The third-order valence-corrected chi connectivity index (χ3v) is 2.38. The van der Waals surface area contributed by atoms with Gasteiger partial charge in [-0.15, -0.1) is 0 Å². The van der Waals surface area contributed by atoms with Crippen molar-refractivity contribution in [3.8, 4) is 5.75 Å². The molecule has 0 aliphatic heterocycles. The van der Waals surface area contributed by atoms with E-state index in [-0.39, 0.29) is 24.9 Å². The predicted octanol–water partition coefficient (Wildman–Crippen LogP) is 0.438. The number of hydrogen-bond acceptors (Lipinski definition) is 4. The molecular weight excluding hydrogens is 222 g/mol. The number of phenols is 1. The van der Waals surface area contributed by atoms with E-state index in [1.165, 1.54) is 19.2 Å². The number of phenolic OH excluding ortho intramolecular Hbond substituents is 1. The maximum atomic E-state index is 11.9. The first kappa shape index (κ1) is 13.5. The summed E-state index contributed by atoms with van der Waals surface area (Å²) in [4.78, 5) is 11.9. The van der Waals surface area contributed by atoms with Crippen LogP contribution in [0, 0.1) is 6.92 Å². The largest absolute Gasteiger partial charge is 0.508 e. The SMILES string of the molecule is COCC(CO)NC(=O)c1ccc(O)cc1C. The van der Waals surface area contributed by atoms with Crippen molar-refractivity contribution in [3.63, 3.8) is 0 Å². The summed E-state index contributed by atoms with van der Waals surface area (Å²) < 4.78 is 4.87. The van der Waals surface area contributed by atoms with Gasteiger partial charge in [0.2, 0.25) is 0 Å². The number of rotatable bonds is 5. The number of nitrogens with one attached hydrogen (secondary N) is 1. The normalized spacial score (nSPS) is 12.2. The average molecular weight is 239 g/mol. The van der Waals surface area contributed by atoms with Gasteiger partial charge < -0.3 is 20.3 Å². The highest BCUT2D eigenvalue weighted by molar-refractivity contribution is 5.96. The van der Waals surface area contributed by atoms with Crippen LogP contribution in [0.3, 0.4) is 0 Å². The molecule has 0 bridgehead atoms. The summed E-state index contributed by atoms with van der Waals surface area (Å²) in [5.74, 6) is -0.173. The summed E-state index contributed by atoms with van der Waals surface area (Å²) in [6.45, 7) is 1.80. The number of aryl methyl sites for hydroxylation is 1. The zero-order valence-electron chi connectivity index (χ0n) is 9.93. The smallest absolute Gasteiger partial charge is 0.251 e. The number of amides is 1. The van der Waals surface area contributed by atoms with E-state index in [1.54, 1.807) is 13.0 Å².